The van der Waals surface area contributed by atoms with Crippen molar-refractivity contribution < 1.29 is 18.3 Å². The predicted molar refractivity (Wildman–Crippen MR) is 88.8 cm³/mol. The highest BCUT2D eigenvalue weighted by atomic mass is 32.2. The number of carboxylic acids is 1. The van der Waals surface area contributed by atoms with Crippen LogP contribution in [-0.2, 0) is 10.0 Å². The van der Waals surface area contributed by atoms with Gasteiger partial charge in [-0.25, -0.2) is 13.2 Å². The molecule has 0 unspecified atom stereocenters. The lowest BCUT2D eigenvalue weighted by molar-refractivity contribution is 0.0695. The second kappa shape index (κ2) is 6.37. The Morgan fingerprint density at radius 1 is 1.12 bits per heavy atom. The van der Waals surface area contributed by atoms with Crippen molar-refractivity contribution in [3.8, 4) is 0 Å². The summed E-state index contributed by atoms with van der Waals surface area (Å²) in [5.74, 6) is -1.35. The molecule has 0 spiro atoms. The summed E-state index contributed by atoms with van der Waals surface area (Å²) in [7, 11) is -3.69. The van der Waals surface area contributed by atoms with Gasteiger partial charge < -0.3 is 10.1 Å². The molecule has 1 aliphatic rings. The van der Waals surface area contributed by atoms with E-state index in [4.69, 9.17) is 5.11 Å². The second-order valence-electron chi connectivity index (χ2n) is 5.86. The van der Waals surface area contributed by atoms with Crippen molar-refractivity contribution in [1.29, 1.82) is 0 Å². The summed E-state index contributed by atoms with van der Waals surface area (Å²) in [6.45, 7) is 0.928. The van der Waals surface area contributed by atoms with Crippen LogP contribution in [0.1, 0.15) is 36.0 Å². The lowest BCUT2D eigenvalue weighted by Crippen LogP contribution is -2.32. The monoisotopic (exact) mass is 350 g/mol. The first-order chi connectivity index (χ1) is 11.4. The Bertz CT molecular complexity index is 941. The van der Waals surface area contributed by atoms with E-state index in [1.807, 2.05) is 0 Å². The van der Waals surface area contributed by atoms with Crippen LogP contribution in [0.25, 0.3) is 10.9 Å². The van der Waals surface area contributed by atoms with Gasteiger partial charge in [0.25, 0.3) is 0 Å². The van der Waals surface area contributed by atoms with Crippen molar-refractivity contribution >= 4 is 26.9 Å². The summed E-state index contributed by atoms with van der Waals surface area (Å²) in [6.07, 6.45) is 4.76. The van der Waals surface area contributed by atoms with Gasteiger partial charge in [-0.05, 0) is 31.0 Å². The first-order valence-corrected chi connectivity index (χ1v) is 9.24. The van der Waals surface area contributed by atoms with E-state index >= 15 is 0 Å². The van der Waals surface area contributed by atoms with E-state index < -0.39 is 27.0 Å². The molecule has 3 rings (SSSR count). The van der Waals surface area contributed by atoms with Gasteiger partial charge in [-0.1, -0.05) is 12.8 Å². The van der Waals surface area contributed by atoms with Gasteiger partial charge in [0.15, 0.2) is 0 Å². The Kier molecular flexibility index (Phi) is 4.42. The fourth-order valence-corrected chi connectivity index (χ4v) is 4.49. The molecule has 7 nitrogen and oxygen atoms in total. The minimum Gasteiger partial charge on any atom is -0.477 e. The van der Waals surface area contributed by atoms with Crippen LogP contribution >= 0.6 is 0 Å². The number of benzene rings is 1. The molecular weight excluding hydrogens is 332 g/mol. The fraction of sp³-hybridized carbons (Fsp3) is 0.375. The van der Waals surface area contributed by atoms with E-state index in [0.717, 1.165) is 31.9 Å². The van der Waals surface area contributed by atoms with Gasteiger partial charge in [-0.3, -0.25) is 4.79 Å². The van der Waals surface area contributed by atoms with Gasteiger partial charge >= 0.3 is 5.97 Å². The SMILES string of the molecule is O=C(O)c1c[nH]c2ccc(S(=O)(=O)N3CCCCCC3)cc2c1=O. The summed E-state index contributed by atoms with van der Waals surface area (Å²) >= 11 is 0. The molecule has 1 fully saturated rings. The largest absolute Gasteiger partial charge is 0.477 e. The van der Waals surface area contributed by atoms with E-state index in [1.54, 1.807) is 0 Å². The molecule has 0 radical (unpaired) electrons. The van der Waals surface area contributed by atoms with Crippen LogP contribution in [0, 0.1) is 0 Å². The van der Waals surface area contributed by atoms with Gasteiger partial charge in [-0.15, -0.1) is 0 Å². The van der Waals surface area contributed by atoms with Crippen LogP contribution in [0.15, 0.2) is 34.1 Å². The smallest absolute Gasteiger partial charge is 0.341 e. The van der Waals surface area contributed by atoms with Crippen molar-refractivity contribution in [1.82, 2.24) is 9.29 Å². The summed E-state index contributed by atoms with van der Waals surface area (Å²) < 4.78 is 27.1. The Hall–Kier alpha value is -2.19. The number of nitrogens with one attached hydrogen (secondary N) is 1. The van der Waals surface area contributed by atoms with E-state index in [0.29, 0.717) is 18.6 Å². The molecule has 1 aromatic carbocycles. The summed E-state index contributed by atoms with van der Waals surface area (Å²) in [4.78, 5) is 26.1. The number of H-pyrrole nitrogens is 1. The average Bonchev–Trinajstić information content (AvgIpc) is 2.84. The van der Waals surface area contributed by atoms with Crippen molar-refractivity contribution in [3.05, 3.63) is 40.2 Å². The number of sulfonamides is 1. The minimum atomic E-state index is -3.69. The van der Waals surface area contributed by atoms with Gasteiger partial charge in [0.2, 0.25) is 15.5 Å². The molecule has 0 bridgehead atoms. The molecule has 2 heterocycles. The van der Waals surface area contributed by atoms with Crippen LogP contribution in [0.3, 0.4) is 0 Å². The number of aromatic carboxylic acids is 1. The fourth-order valence-electron chi connectivity index (χ4n) is 2.95. The molecule has 128 valence electrons. The van der Waals surface area contributed by atoms with E-state index in [1.165, 1.54) is 22.5 Å². The molecule has 24 heavy (non-hydrogen) atoms. The molecule has 2 N–H and O–H groups in total. The minimum absolute atomic E-state index is 0.0185. The van der Waals surface area contributed by atoms with Crippen LogP contribution in [0.2, 0.25) is 0 Å². The highest BCUT2D eigenvalue weighted by molar-refractivity contribution is 7.89. The second-order valence-corrected chi connectivity index (χ2v) is 7.80. The maximum atomic E-state index is 12.8. The Labute approximate surface area is 139 Å². The molecule has 1 saturated heterocycles. The number of nitrogens with zero attached hydrogens (tertiary/aromatic N) is 1. The van der Waals surface area contributed by atoms with Crippen LogP contribution in [0.5, 0.6) is 0 Å². The number of aromatic nitrogens is 1. The van der Waals surface area contributed by atoms with Crippen molar-refractivity contribution in [3.63, 3.8) is 0 Å². The molecule has 2 aromatic rings. The summed E-state index contributed by atoms with van der Waals surface area (Å²) in [5.41, 5.74) is -0.698. The first-order valence-electron chi connectivity index (χ1n) is 7.80. The van der Waals surface area contributed by atoms with E-state index in [2.05, 4.69) is 4.98 Å². The maximum Gasteiger partial charge on any atom is 0.341 e. The Balaban J connectivity index is 2.11. The number of pyridine rings is 1. The topological polar surface area (TPSA) is 108 Å². The van der Waals surface area contributed by atoms with Gasteiger partial charge in [0.1, 0.15) is 5.56 Å². The molecule has 0 amide bonds. The molecule has 1 aromatic heterocycles. The maximum absolute atomic E-state index is 12.8. The van der Waals surface area contributed by atoms with Crippen LogP contribution < -0.4 is 5.43 Å². The molecule has 0 atom stereocenters. The number of hydrogen-bond donors (Lipinski definition) is 2. The average molecular weight is 350 g/mol. The number of hydrogen-bond acceptors (Lipinski definition) is 4. The molecule has 0 saturated carbocycles. The number of rotatable bonds is 3. The number of fused-ring (bicyclic) bond motifs is 1. The highest BCUT2D eigenvalue weighted by Crippen LogP contribution is 2.22. The third-order valence-corrected chi connectivity index (χ3v) is 6.18. The Morgan fingerprint density at radius 2 is 1.79 bits per heavy atom. The summed E-state index contributed by atoms with van der Waals surface area (Å²) in [5, 5.41) is 9.10. The Morgan fingerprint density at radius 3 is 2.42 bits per heavy atom. The van der Waals surface area contributed by atoms with Crippen LogP contribution in [0.4, 0.5) is 0 Å². The zero-order chi connectivity index (χ0) is 17.3. The standard InChI is InChI=1S/C16H18N2O5S/c19-15-12-9-11(5-6-14(12)17-10-13(15)16(20)21)24(22,23)18-7-3-1-2-4-8-18/h5-6,9-10H,1-4,7-8H2,(H,17,19)(H,20,21). The highest BCUT2D eigenvalue weighted by Gasteiger charge is 2.25. The number of carboxylic acid groups (broad SMARTS) is 1. The number of aromatic amines is 1. The summed E-state index contributed by atoms with van der Waals surface area (Å²) in [6, 6.07) is 4.20. The number of carbonyl (C=O) groups is 1. The first kappa shape index (κ1) is 16.7. The third kappa shape index (κ3) is 2.94. The zero-order valence-electron chi connectivity index (χ0n) is 13.0. The molecule has 8 heteroatoms. The third-order valence-electron chi connectivity index (χ3n) is 4.29. The van der Waals surface area contributed by atoms with Gasteiger partial charge in [-0.2, -0.15) is 4.31 Å². The van der Waals surface area contributed by atoms with Crippen molar-refractivity contribution in [2.75, 3.05) is 13.1 Å². The van der Waals surface area contributed by atoms with Gasteiger partial charge in [0.05, 0.1) is 4.90 Å². The zero-order valence-corrected chi connectivity index (χ0v) is 13.8. The molecule has 0 aliphatic carbocycles. The van der Waals surface area contributed by atoms with Crippen molar-refractivity contribution in [2.24, 2.45) is 0 Å². The van der Waals surface area contributed by atoms with Crippen LogP contribution in [-0.4, -0.2) is 41.9 Å². The lowest BCUT2D eigenvalue weighted by atomic mass is 10.1. The van der Waals surface area contributed by atoms with E-state index in [-0.39, 0.29) is 10.3 Å². The van der Waals surface area contributed by atoms with Gasteiger partial charge in [0, 0.05) is 30.2 Å². The van der Waals surface area contributed by atoms with E-state index in [9.17, 15) is 18.0 Å². The molecule has 1 aliphatic heterocycles. The molecular formula is C16H18N2O5S. The lowest BCUT2D eigenvalue weighted by Gasteiger charge is -2.20. The quantitative estimate of drug-likeness (QED) is 0.877. The van der Waals surface area contributed by atoms with Crippen molar-refractivity contribution in [2.45, 2.75) is 30.6 Å². The normalized spacial score (nSPS) is 16.8. The predicted octanol–water partition coefficient (Wildman–Crippen LogP) is 1.79.